The number of benzene rings is 1. The first-order valence-corrected chi connectivity index (χ1v) is 5.27. The molecule has 13 heavy (non-hydrogen) atoms. The van der Waals surface area contributed by atoms with Gasteiger partial charge in [-0.05, 0) is 36.7 Å². The highest BCUT2D eigenvalue weighted by Gasteiger charge is 1.95. The molecule has 0 spiro atoms. The normalized spacial score (nSPS) is 10.3. The predicted molar refractivity (Wildman–Crippen MR) is 60.6 cm³/mol. The van der Waals surface area contributed by atoms with Crippen molar-refractivity contribution in [3.8, 4) is 0 Å². The first-order chi connectivity index (χ1) is 6.22. The number of hydrogen-bond donors (Lipinski definition) is 2. The van der Waals surface area contributed by atoms with E-state index in [9.17, 15) is 0 Å². The highest BCUT2D eigenvalue weighted by atomic mass is 79.9. The van der Waals surface area contributed by atoms with Gasteiger partial charge in [-0.3, -0.25) is 0 Å². The molecule has 0 aliphatic rings. The zero-order valence-corrected chi connectivity index (χ0v) is 9.39. The summed E-state index contributed by atoms with van der Waals surface area (Å²) in [6, 6.07) is 5.98. The molecule has 0 bridgehead atoms. The molecule has 3 N–H and O–H groups in total. The highest BCUT2D eigenvalue weighted by Crippen LogP contribution is 2.16. The number of rotatable bonds is 4. The third-order valence-corrected chi connectivity index (χ3v) is 2.19. The van der Waals surface area contributed by atoms with Crippen LogP contribution in [0.2, 0.25) is 0 Å². The van der Waals surface area contributed by atoms with Gasteiger partial charge >= 0.3 is 0 Å². The Morgan fingerprint density at radius 2 is 2.15 bits per heavy atom. The molecule has 0 aromatic heterocycles. The molecular weight excluding hydrogens is 228 g/mol. The van der Waals surface area contributed by atoms with E-state index in [1.54, 1.807) is 0 Å². The van der Waals surface area contributed by atoms with E-state index in [1.807, 2.05) is 12.1 Å². The van der Waals surface area contributed by atoms with Crippen LogP contribution in [0, 0.1) is 0 Å². The number of hydrogen-bond acceptors (Lipinski definition) is 2. The maximum Gasteiger partial charge on any atom is 0.0328 e. The van der Waals surface area contributed by atoms with E-state index in [0.29, 0.717) is 0 Å². The Morgan fingerprint density at radius 1 is 1.38 bits per heavy atom. The van der Waals surface area contributed by atoms with Gasteiger partial charge in [0.05, 0.1) is 0 Å². The summed E-state index contributed by atoms with van der Waals surface area (Å²) in [7, 11) is 0. The minimum atomic E-state index is 0.808. The van der Waals surface area contributed by atoms with E-state index in [4.69, 9.17) is 5.73 Å². The lowest BCUT2D eigenvalue weighted by Gasteiger charge is -2.05. The standard InChI is InChI=1S/C10H15BrN2/c1-2-3-13-7-8-4-9(11)6-10(12)5-8/h4-6,13H,2-3,7,12H2,1H3. The summed E-state index contributed by atoms with van der Waals surface area (Å²) in [6.45, 7) is 4.09. The molecular formula is C10H15BrN2. The molecule has 3 heteroatoms. The third-order valence-electron chi connectivity index (χ3n) is 1.74. The van der Waals surface area contributed by atoms with Crippen molar-refractivity contribution in [1.82, 2.24) is 5.32 Å². The van der Waals surface area contributed by atoms with Gasteiger partial charge in [-0.25, -0.2) is 0 Å². The number of anilines is 1. The zero-order chi connectivity index (χ0) is 9.68. The van der Waals surface area contributed by atoms with Gasteiger partial charge in [0.1, 0.15) is 0 Å². The number of halogens is 1. The van der Waals surface area contributed by atoms with Gasteiger partial charge in [-0.2, -0.15) is 0 Å². The molecule has 0 fully saturated rings. The van der Waals surface area contributed by atoms with Crippen molar-refractivity contribution in [2.75, 3.05) is 12.3 Å². The van der Waals surface area contributed by atoms with Crippen LogP contribution in [0.1, 0.15) is 18.9 Å². The monoisotopic (exact) mass is 242 g/mol. The van der Waals surface area contributed by atoms with Crippen LogP contribution in [0.4, 0.5) is 5.69 Å². The average Bonchev–Trinajstić information content (AvgIpc) is 2.03. The van der Waals surface area contributed by atoms with Crippen molar-refractivity contribution in [3.63, 3.8) is 0 Å². The van der Waals surface area contributed by atoms with Crippen LogP contribution in [0.25, 0.3) is 0 Å². The van der Waals surface area contributed by atoms with E-state index in [-0.39, 0.29) is 0 Å². The van der Waals surface area contributed by atoms with Gasteiger partial charge in [-0.1, -0.05) is 22.9 Å². The molecule has 0 unspecified atom stereocenters. The van der Waals surface area contributed by atoms with Crippen molar-refractivity contribution in [2.24, 2.45) is 0 Å². The van der Waals surface area contributed by atoms with Crippen molar-refractivity contribution < 1.29 is 0 Å². The van der Waals surface area contributed by atoms with Crippen LogP contribution in [-0.4, -0.2) is 6.54 Å². The van der Waals surface area contributed by atoms with Crippen molar-refractivity contribution in [2.45, 2.75) is 19.9 Å². The van der Waals surface area contributed by atoms with Gasteiger partial charge in [0.2, 0.25) is 0 Å². The summed E-state index contributed by atoms with van der Waals surface area (Å²) < 4.78 is 1.04. The molecule has 0 saturated heterocycles. The fourth-order valence-corrected chi connectivity index (χ4v) is 1.75. The smallest absolute Gasteiger partial charge is 0.0328 e. The zero-order valence-electron chi connectivity index (χ0n) is 7.81. The summed E-state index contributed by atoms with van der Waals surface area (Å²) in [4.78, 5) is 0. The Morgan fingerprint density at radius 3 is 2.77 bits per heavy atom. The van der Waals surface area contributed by atoms with E-state index in [1.165, 1.54) is 5.56 Å². The van der Waals surface area contributed by atoms with Crippen molar-refractivity contribution >= 4 is 21.6 Å². The van der Waals surface area contributed by atoms with E-state index in [2.05, 4.69) is 34.2 Å². The molecule has 0 saturated carbocycles. The quantitative estimate of drug-likeness (QED) is 0.630. The average molecular weight is 243 g/mol. The van der Waals surface area contributed by atoms with Crippen LogP contribution in [0.15, 0.2) is 22.7 Å². The summed E-state index contributed by atoms with van der Waals surface area (Å²) in [5.41, 5.74) is 7.74. The molecule has 0 atom stereocenters. The lowest BCUT2D eigenvalue weighted by molar-refractivity contribution is 0.675. The largest absolute Gasteiger partial charge is 0.399 e. The maximum atomic E-state index is 5.71. The number of nitrogens with one attached hydrogen (secondary N) is 1. The molecule has 0 aliphatic heterocycles. The summed E-state index contributed by atoms with van der Waals surface area (Å²) in [6.07, 6.45) is 1.16. The summed E-state index contributed by atoms with van der Waals surface area (Å²) in [5, 5.41) is 3.33. The van der Waals surface area contributed by atoms with Crippen LogP contribution >= 0.6 is 15.9 Å². The van der Waals surface area contributed by atoms with Gasteiger partial charge in [-0.15, -0.1) is 0 Å². The molecule has 1 aromatic rings. The van der Waals surface area contributed by atoms with Crippen LogP contribution in [-0.2, 0) is 6.54 Å². The molecule has 0 radical (unpaired) electrons. The van der Waals surface area contributed by atoms with Crippen LogP contribution in [0.5, 0.6) is 0 Å². The van der Waals surface area contributed by atoms with Crippen LogP contribution < -0.4 is 11.1 Å². The molecule has 0 aliphatic carbocycles. The molecule has 2 nitrogen and oxygen atoms in total. The number of nitrogen functional groups attached to an aromatic ring is 1. The summed E-state index contributed by atoms with van der Waals surface area (Å²) >= 11 is 3.41. The molecule has 1 aromatic carbocycles. The first kappa shape index (κ1) is 10.5. The summed E-state index contributed by atoms with van der Waals surface area (Å²) in [5.74, 6) is 0. The van der Waals surface area contributed by atoms with E-state index >= 15 is 0 Å². The second-order valence-corrected chi connectivity index (χ2v) is 3.99. The Bertz CT molecular complexity index is 253. The Balaban J connectivity index is 2.56. The predicted octanol–water partition coefficient (Wildman–Crippen LogP) is 2.53. The maximum absolute atomic E-state index is 5.71. The van der Waals surface area contributed by atoms with E-state index in [0.717, 1.165) is 29.7 Å². The van der Waals surface area contributed by atoms with Crippen LogP contribution in [0.3, 0.4) is 0 Å². The lowest BCUT2D eigenvalue weighted by Crippen LogP contribution is -2.13. The first-order valence-electron chi connectivity index (χ1n) is 4.48. The topological polar surface area (TPSA) is 38.0 Å². The molecule has 72 valence electrons. The van der Waals surface area contributed by atoms with Crippen molar-refractivity contribution in [3.05, 3.63) is 28.2 Å². The minimum Gasteiger partial charge on any atom is -0.399 e. The number of nitrogens with two attached hydrogens (primary N) is 1. The molecule has 1 rings (SSSR count). The molecule has 0 heterocycles. The Labute approximate surface area is 87.6 Å². The van der Waals surface area contributed by atoms with Gasteiger partial charge < -0.3 is 11.1 Å². The third kappa shape index (κ3) is 3.79. The van der Waals surface area contributed by atoms with Gasteiger partial charge in [0.15, 0.2) is 0 Å². The van der Waals surface area contributed by atoms with Gasteiger partial charge in [0, 0.05) is 16.7 Å². The fourth-order valence-electron chi connectivity index (χ4n) is 1.19. The minimum absolute atomic E-state index is 0.808. The second-order valence-electron chi connectivity index (χ2n) is 3.07. The SMILES string of the molecule is CCCNCc1cc(N)cc(Br)c1. The Hall–Kier alpha value is -0.540. The highest BCUT2D eigenvalue weighted by molar-refractivity contribution is 9.10. The Kier molecular flexibility index (Phi) is 4.25. The fraction of sp³-hybridized carbons (Fsp3) is 0.400. The lowest BCUT2D eigenvalue weighted by atomic mass is 10.2. The van der Waals surface area contributed by atoms with Crippen molar-refractivity contribution in [1.29, 1.82) is 0 Å². The molecule has 0 amide bonds. The second kappa shape index (κ2) is 5.25. The van der Waals surface area contributed by atoms with Gasteiger partial charge in [0.25, 0.3) is 0 Å². The van der Waals surface area contributed by atoms with E-state index < -0.39 is 0 Å².